The van der Waals surface area contributed by atoms with Gasteiger partial charge < -0.3 is 14.8 Å². The SMILES string of the molecule is Cc1ccsc1C(=O)NC[C@H]1[C@H]2CN(C3CCOCC3)C[C@]23CC[C@H]1O3. The molecule has 4 atom stereocenters. The average Bonchev–Trinajstić information content (AvgIpc) is 3.40. The van der Waals surface area contributed by atoms with Crippen molar-refractivity contribution in [2.24, 2.45) is 11.8 Å². The molecule has 0 aromatic carbocycles. The number of carbonyl (C=O) groups excluding carboxylic acids is 1. The van der Waals surface area contributed by atoms with Crippen LogP contribution in [-0.4, -0.2) is 61.4 Å². The molecule has 1 aromatic heterocycles. The minimum atomic E-state index is 0.0528. The monoisotopic (exact) mass is 376 g/mol. The van der Waals surface area contributed by atoms with Crippen molar-refractivity contribution >= 4 is 17.2 Å². The van der Waals surface area contributed by atoms with E-state index in [1.54, 1.807) is 0 Å². The van der Waals surface area contributed by atoms with Crippen LogP contribution < -0.4 is 5.32 Å². The highest BCUT2D eigenvalue weighted by molar-refractivity contribution is 7.12. The van der Waals surface area contributed by atoms with Gasteiger partial charge in [-0.05, 0) is 49.6 Å². The second kappa shape index (κ2) is 6.59. The summed E-state index contributed by atoms with van der Waals surface area (Å²) >= 11 is 1.53. The first-order valence-corrected chi connectivity index (χ1v) is 10.9. The van der Waals surface area contributed by atoms with Gasteiger partial charge in [0.2, 0.25) is 0 Å². The third-order valence-corrected chi connectivity index (χ3v) is 8.10. The topological polar surface area (TPSA) is 50.8 Å². The number of fused-ring (bicyclic) bond motifs is 1. The highest BCUT2D eigenvalue weighted by atomic mass is 32.1. The third-order valence-electron chi connectivity index (χ3n) is 7.08. The molecule has 5 rings (SSSR count). The Morgan fingerprint density at radius 2 is 2.23 bits per heavy atom. The number of aryl methyl sites for hydroxylation is 1. The van der Waals surface area contributed by atoms with Gasteiger partial charge in [-0.25, -0.2) is 0 Å². The van der Waals surface area contributed by atoms with Crippen LogP contribution in [0, 0.1) is 18.8 Å². The zero-order chi connectivity index (χ0) is 17.7. The van der Waals surface area contributed by atoms with Crippen molar-refractivity contribution in [2.45, 2.75) is 50.4 Å². The summed E-state index contributed by atoms with van der Waals surface area (Å²) in [6.45, 7) is 6.73. The number of likely N-dealkylation sites (tertiary alicyclic amines) is 1. The summed E-state index contributed by atoms with van der Waals surface area (Å²) in [6.07, 6.45) is 4.96. The summed E-state index contributed by atoms with van der Waals surface area (Å²) in [4.78, 5) is 16.0. The van der Waals surface area contributed by atoms with Gasteiger partial charge in [-0.1, -0.05) is 0 Å². The smallest absolute Gasteiger partial charge is 0.261 e. The fraction of sp³-hybridized carbons (Fsp3) is 0.750. The first kappa shape index (κ1) is 17.2. The molecule has 4 aliphatic heterocycles. The number of nitrogens with one attached hydrogen (secondary N) is 1. The summed E-state index contributed by atoms with van der Waals surface area (Å²) in [5.41, 5.74) is 1.12. The molecule has 4 aliphatic rings. The molecular formula is C20H28N2O3S. The molecule has 2 bridgehead atoms. The highest BCUT2D eigenvalue weighted by Gasteiger charge is 2.63. The molecule has 26 heavy (non-hydrogen) atoms. The van der Waals surface area contributed by atoms with E-state index in [2.05, 4.69) is 10.2 Å². The van der Waals surface area contributed by atoms with Crippen LogP contribution in [0.3, 0.4) is 0 Å². The van der Waals surface area contributed by atoms with Gasteiger partial charge in [-0.2, -0.15) is 0 Å². The Labute approximate surface area is 159 Å². The summed E-state index contributed by atoms with van der Waals surface area (Å²) in [6, 6.07) is 2.66. The predicted octanol–water partition coefficient (Wildman–Crippen LogP) is 2.44. The van der Waals surface area contributed by atoms with Crippen molar-refractivity contribution in [1.82, 2.24) is 10.2 Å². The van der Waals surface area contributed by atoms with E-state index in [1.165, 1.54) is 17.8 Å². The quantitative estimate of drug-likeness (QED) is 0.877. The lowest BCUT2D eigenvalue weighted by Crippen LogP contribution is -2.41. The van der Waals surface area contributed by atoms with Crippen molar-refractivity contribution < 1.29 is 14.3 Å². The second-order valence-electron chi connectivity index (χ2n) is 8.45. The van der Waals surface area contributed by atoms with E-state index in [9.17, 15) is 4.79 Å². The third kappa shape index (κ3) is 2.73. The maximum atomic E-state index is 12.5. The second-order valence-corrected chi connectivity index (χ2v) is 9.36. The maximum absolute atomic E-state index is 12.5. The van der Waals surface area contributed by atoms with Crippen LogP contribution in [0.1, 0.15) is 40.9 Å². The first-order valence-electron chi connectivity index (χ1n) is 9.98. The normalized spacial score (nSPS) is 37.2. The number of carbonyl (C=O) groups is 1. The summed E-state index contributed by atoms with van der Waals surface area (Å²) in [5.74, 6) is 1.10. The Hall–Kier alpha value is -0.950. The molecule has 5 heterocycles. The van der Waals surface area contributed by atoms with E-state index in [0.29, 0.717) is 24.0 Å². The van der Waals surface area contributed by atoms with Gasteiger partial charge in [-0.3, -0.25) is 9.69 Å². The van der Waals surface area contributed by atoms with Crippen LogP contribution in [-0.2, 0) is 9.47 Å². The van der Waals surface area contributed by atoms with Gasteiger partial charge in [0.25, 0.3) is 5.91 Å². The average molecular weight is 377 g/mol. The molecule has 0 saturated carbocycles. The van der Waals surface area contributed by atoms with Gasteiger partial charge >= 0.3 is 0 Å². The van der Waals surface area contributed by atoms with E-state index in [4.69, 9.17) is 9.47 Å². The van der Waals surface area contributed by atoms with Crippen molar-refractivity contribution in [3.8, 4) is 0 Å². The predicted molar refractivity (Wildman–Crippen MR) is 101 cm³/mol. The molecule has 4 saturated heterocycles. The molecular weight excluding hydrogens is 348 g/mol. The summed E-state index contributed by atoms with van der Waals surface area (Å²) in [5, 5.41) is 5.20. The molecule has 0 aliphatic carbocycles. The Balaban J connectivity index is 1.26. The Morgan fingerprint density at radius 3 is 3.00 bits per heavy atom. The number of hydrogen-bond donors (Lipinski definition) is 1. The minimum Gasteiger partial charge on any atom is -0.381 e. The number of rotatable bonds is 4. The molecule has 1 aromatic rings. The molecule has 1 amide bonds. The number of ether oxygens (including phenoxy) is 2. The van der Waals surface area contributed by atoms with Crippen LogP contribution in [0.15, 0.2) is 11.4 Å². The number of thiophene rings is 1. The number of amides is 1. The lowest BCUT2D eigenvalue weighted by atomic mass is 9.73. The van der Waals surface area contributed by atoms with Crippen LogP contribution in [0.2, 0.25) is 0 Å². The van der Waals surface area contributed by atoms with E-state index in [0.717, 1.165) is 62.6 Å². The fourth-order valence-corrected chi connectivity index (χ4v) is 6.57. The van der Waals surface area contributed by atoms with Crippen molar-refractivity contribution in [1.29, 1.82) is 0 Å². The zero-order valence-corrected chi connectivity index (χ0v) is 16.2. The van der Waals surface area contributed by atoms with Crippen LogP contribution in [0.5, 0.6) is 0 Å². The molecule has 1 spiro atoms. The maximum Gasteiger partial charge on any atom is 0.261 e. The summed E-state index contributed by atoms with van der Waals surface area (Å²) < 4.78 is 12.1. The van der Waals surface area contributed by atoms with Gasteiger partial charge in [0.1, 0.15) is 0 Å². The molecule has 0 unspecified atom stereocenters. The fourth-order valence-electron chi connectivity index (χ4n) is 5.72. The minimum absolute atomic E-state index is 0.0528. The van der Waals surface area contributed by atoms with Gasteiger partial charge in [0, 0.05) is 50.7 Å². The van der Waals surface area contributed by atoms with Crippen molar-refractivity contribution in [3.05, 3.63) is 21.9 Å². The lowest BCUT2D eigenvalue weighted by molar-refractivity contribution is -0.0122. The Morgan fingerprint density at radius 1 is 1.38 bits per heavy atom. The van der Waals surface area contributed by atoms with Gasteiger partial charge in [0.15, 0.2) is 0 Å². The van der Waals surface area contributed by atoms with Crippen molar-refractivity contribution in [3.63, 3.8) is 0 Å². The largest absolute Gasteiger partial charge is 0.381 e. The lowest BCUT2D eigenvalue weighted by Gasteiger charge is -2.32. The Kier molecular flexibility index (Phi) is 4.35. The van der Waals surface area contributed by atoms with Gasteiger partial charge in [-0.15, -0.1) is 11.3 Å². The molecule has 0 radical (unpaired) electrons. The van der Waals surface area contributed by atoms with Crippen LogP contribution in [0.4, 0.5) is 0 Å². The standard InChI is InChI=1S/C20H28N2O3S/c1-13-5-9-26-18(13)19(23)21-10-15-16-11-22(14-3-7-24-8-4-14)12-20(16)6-2-17(15)25-20/h5,9,14-17H,2-4,6-8,10-12H2,1H3,(H,21,23)/t15-,16+,17+,20+/m0/s1. The number of nitrogens with zero attached hydrogens (tertiary/aromatic N) is 1. The van der Waals surface area contributed by atoms with E-state index < -0.39 is 0 Å². The van der Waals surface area contributed by atoms with Crippen LogP contribution >= 0.6 is 11.3 Å². The van der Waals surface area contributed by atoms with Gasteiger partial charge in [0.05, 0.1) is 16.6 Å². The first-order chi connectivity index (χ1) is 12.7. The molecule has 1 N–H and O–H groups in total. The number of hydrogen-bond acceptors (Lipinski definition) is 5. The zero-order valence-electron chi connectivity index (χ0n) is 15.4. The Bertz CT molecular complexity index is 686. The van der Waals surface area contributed by atoms with E-state index >= 15 is 0 Å². The van der Waals surface area contributed by atoms with E-state index in [-0.39, 0.29) is 11.5 Å². The molecule has 4 fully saturated rings. The molecule has 6 heteroatoms. The highest BCUT2D eigenvalue weighted by Crippen LogP contribution is 2.55. The summed E-state index contributed by atoms with van der Waals surface area (Å²) in [7, 11) is 0. The molecule has 5 nitrogen and oxygen atoms in total. The van der Waals surface area contributed by atoms with Crippen LogP contribution in [0.25, 0.3) is 0 Å². The molecule has 142 valence electrons. The van der Waals surface area contributed by atoms with E-state index in [1.807, 2.05) is 18.4 Å². The van der Waals surface area contributed by atoms with Crippen molar-refractivity contribution in [2.75, 3.05) is 32.8 Å².